The van der Waals surface area contributed by atoms with Crippen molar-refractivity contribution in [3.63, 3.8) is 0 Å². The number of amides is 1. The molecule has 0 aromatic carbocycles. The number of nitrogens with zero attached hydrogens (tertiary/aromatic N) is 2. The number of carboxylic acid groups (broad SMARTS) is 1. The molecule has 1 aromatic rings. The maximum Gasteiger partial charge on any atom is 0.410 e. The van der Waals surface area contributed by atoms with Crippen molar-refractivity contribution < 1.29 is 19.7 Å². The van der Waals surface area contributed by atoms with Gasteiger partial charge in [-0.2, -0.15) is 5.10 Å². The molecular formula is C10H15N3O4. The normalized spacial score (nSPS) is 17.9. The van der Waals surface area contributed by atoms with Crippen molar-refractivity contribution in [2.75, 3.05) is 18.5 Å². The van der Waals surface area contributed by atoms with Crippen molar-refractivity contribution in [3.05, 3.63) is 11.8 Å². The van der Waals surface area contributed by atoms with Gasteiger partial charge in [0.15, 0.2) is 11.4 Å². The first-order chi connectivity index (χ1) is 7.92. The minimum atomic E-state index is -1.18. The molecule has 0 saturated carbocycles. The molecule has 2 rings (SSSR count). The zero-order valence-corrected chi connectivity index (χ0v) is 9.67. The summed E-state index contributed by atoms with van der Waals surface area (Å²) in [7, 11) is 0. The number of ether oxygens (including phenoxy) is 1. The Bertz CT molecular complexity index is 437. The molecule has 0 aliphatic carbocycles. The summed E-state index contributed by atoms with van der Waals surface area (Å²) in [6.45, 7) is 4.23. The van der Waals surface area contributed by atoms with E-state index in [1.807, 2.05) is 13.8 Å². The van der Waals surface area contributed by atoms with E-state index in [4.69, 9.17) is 9.84 Å². The van der Waals surface area contributed by atoms with Crippen molar-refractivity contribution in [3.8, 4) is 0 Å². The molecule has 7 nitrogen and oxygen atoms in total. The highest BCUT2D eigenvalue weighted by Gasteiger charge is 2.41. The van der Waals surface area contributed by atoms with Gasteiger partial charge in [0.25, 0.3) is 0 Å². The van der Waals surface area contributed by atoms with E-state index in [2.05, 4.69) is 10.4 Å². The Kier molecular flexibility index (Phi) is 2.80. The second kappa shape index (κ2) is 4.01. The third kappa shape index (κ3) is 2.11. The molecule has 1 amide bonds. The Balaban J connectivity index is 2.35. The van der Waals surface area contributed by atoms with Gasteiger partial charge in [0, 0.05) is 12.1 Å². The van der Waals surface area contributed by atoms with Crippen LogP contribution < -0.4 is 5.32 Å². The van der Waals surface area contributed by atoms with Crippen LogP contribution in [0.5, 0.6) is 0 Å². The first kappa shape index (κ1) is 11.9. The van der Waals surface area contributed by atoms with Crippen molar-refractivity contribution in [2.45, 2.75) is 25.5 Å². The lowest BCUT2D eigenvalue weighted by Crippen LogP contribution is -2.48. The van der Waals surface area contributed by atoms with Crippen LogP contribution in [0.2, 0.25) is 0 Å². The minimum absolute atomic E-state index is 0.0268. The molecule has 0 spiro atoms. The van der Waals surface area contributed by atoms with Gasteiger partial charge < -0.3 is 14.9 Å². The van der Waals surface area contributed by atoms with E-state index in [1.165, 1.54) is 6.07 Å². The number of hydrogen-bond donors (Lipinski definition) is 3. The number of anilines is 1. The van der Waals surface area contributed by atoms with Crippen LogP contribution >= 0.6 is 0 Å². The number of aliphatic hydroxyl groups is 1. The molecule has 0 atom stereocenters. The topological polar surface area (TPSA) is 96.6 Å². The zero-order chi connectivity index (χ0) is 12.6. The molecule has 3 N–H and O–H groups in total. The summed E-state index contributed by atoms with van der Waals surface area (Å²) in [6.07, 6.45) is -1.18. The molecule has 0 radical (unpaired) electrons. The van der Waals surface area contributed by atoms with E-state index in [1.54, 1.807) is 4.68 Å². The van der Waals surface area contributed by atoms with E-state index >= 15 is 0 Å². The third-order valence-corrected chi connectivity index (χ3v) is 2.62. The summed E-state index contributed by atoms with van der Waals surface area (Å²) in [6, 6.07) is 1.57. The Morgan fingerprint density at radius 3 is 2.71 bits per heavy atom. The van der Waals surface area contributed by atoms with Crippen molar-refractivity contribution in [1.29, 1.82) is 0 Å². The predicted octanol–water partition coefficient (Wildman–Crippen LogP) is 0.772. The Labute approximate surface area is 98.0 Å². The molecule has 94 valence electrons. The number of rotatable bonds is 3. The molecule has 0 unspecified atom stereocenters. The van der Waals surface area contributed by atoms with E-state index < -0.39 is 11.7 Å². The predicted molar refractivity (Wildman–Crippen MR) is 59.0 cm³/mol. The first-order valence-corrected chi connectivity index (χ1v) is 5.32. The Morgan fingerprint density at radius 2 is 2.29 bits per heavy atom. The molecule has 1 aromatic heterocycles. The van der Waals surface area contributed by atoms with Crippen LogP contribution in [-0.2, 0) is 10.3 Å². The summed E-state index contributed by atoms with van der Waals surface area (Å²) in [5.41, 5.74) is -0.488. The van der Waals surface area contributed by atoms with Crippen molar-refractivity contribution >= 4 is 11.9 Å². The van der Waals surface area contributed by atoms with Crippen LogP contribution in [0.3, 0.4) is 0 Å². The highest BCUT2D eigenvalue weighted by Crippen LogP contribution is 2.32. The number of hydrogen-bond acceptors (Lipinski definition) is 4. The average molecular weight is 241 g/mol. The second-order valence-corrected chi connectivity index (χ2v) is 4.41. The molecular weight excluding hydrogens is 226 g/mol. The van der Waals surface area contributed by atoms with Gasteiger partial charge in [0.05, 0.1) is 18.9 Å². The van der Waals surface area contributed by atoms with E-state index in [0.29, 0.717) is 5.69 Å². The van der Waals surface area contributed by atoms with Crippen LogP contribution in [0.4, 0.5) is 10.6 Å². The zero-order valence-electron chi connectivity index (χ0n) is 9.67. The highest BCUT2D eigenvalue weighted by molar-refractivity contribution is 5.81. The highest BCUT2D eigenvalue weighted by atomic mass is 16.5. The second-order valence-electron chi connectivity index (χ2n) is 4.41. The average Bonchev–Trinajstić information content (AvgIpc) is 2.57. The van der Waals surface area contributed by atoms with Gasteiger partial charge in [-0.25, -0.2) is 4.79 Å². The SMILES string of the molecule is CC(C)n1nc(NC(=O)O)cc1C1(O)COC1. The quantitative estimate of drug-likeness (QED) is 0.726. The molecule has 0 bridgehead atoms. The van der Waals surface area contributed by atoms with E-state index in [9.17, 15) is 9.90 Å². The largest absolute Gasteiger partial charge is 0.465 e. The summed E-state index contributed by atoms with van der Waals surface area (Å²) >= 11 is 0. The minimum Gasteiger partial charge on any atom is -0.465 e. The fraction of sp³-hybridized carbons (Fsp3) is 0.600. The molecule has 1 aliphatic rings. The molecule has 2 heterocycles. The van der Waals surface area contributed by atoms with Gasteiger partial charge in [0.2, 0.25) is 0 Å². The van der Waals surface area contributed by atoms with Gasteiger partial charge >= 0.3 is 6.09 Å². The Morgan fingerprint density at radius 1 is 1.65 bits per heavy atom. The molecule has 17 heavy (non-hydrogen) atoms. The summed E-state index contributed by atoms with van der Waals surface area (Å²) in [5.74, 6) is 0.210. The standard InChI is InChI=1S/C10H15N3O4/c1-6(2)13-7(10(16)4-17-5-10)3-8(12-13)11-9(14)15/h3,6,16H,4-5H2,1-2H3,(H,11,12)(H,14,15). The molecule has 7 heteroatoms. The fourth-order valence-corrected chi connectivity index (χ4v) is 1.75. The molecule has 1 saturated heterocycles. The van der Waals surface area contributed by atoms with Gasteiger partial charge in [0.1, 0.15) is 0 Å². The maximum absolute atomic E-state index is 10.5. The number of nitrogens with one attached hydrogen (secondary N) is 1. The van der Waals surface area contributed by atoms with Crippen LogP contribution in [-0.4, -0.2) is 39.3 Å². The van der Waals surface area contributed by atoms with Crippen molar-refractivity contribution in [2.24, 2.45) is 0 Å². The van der Waals surface area contributed by atoms with Crippen LogP contribution in [0, 0.1) is 0 Å². The summed E-state index contributed by atoms with van der Waals surface area (Å²) < 4.78 is 6.59. The Hall–Kier alpha value is -1.60. The van der Waals surface area contributed by atoms with Crippen LogP contribution in [0.1, 0.15) is 25.6 Å². The lowest BCUT2D eigenvalue weighted by atomic mass is 9.97. The maximum atomic E-state index is 10.5. The smallest absolute Gasteiger partial charge is 0.410 e. The monoisotopic (exact) mass is 241 g/mol. The van der Waals surface area contributed by atoms with Gasteiger partial charge in [-0.1, -0.05) is 0 Å². The van der Waals surface area contributed by atoms with Crippen LogP contribution in [0.25, 0.3) is 0 Å². The third-order valence-electron chi connectivity index (χ3n) is 2.62. The molecule has 1 fully saturated rings. The van der Waals surface area contributed by atoms with E-state index in [-0.39, 0.29) is 25.1 Å². The van der Waals surface area contributed by atoms with Crippen molar-refractivity contribution in [1.82, 2.24) is 9.78 Å². The van der Waals surface area contributed by atoms with E-state index in [0.717, 1.165) is 0 Å². The lowest BCUT2D eigenvalue weighted by Gasteiger charge is -2.36. The van der Waals surface area contributed by atoms with Crippen LogP contribution in [0.15, 0.2) is 6.07 Å². The van der Waals surface area contributed by atoms with Gasteiger partial charge in [-0.15, -0.1) is 0 Å². The number of aromatic nitrogens is 2. The summed E-state index contributed by atoms with van der Waals surface area (Å²) in [4.78, 5) is 10.5. The number of carbonyl (C=O) groups is 1. The molecule has 1 aliphatic heterocycles. The van der Waals surface area contributed by atoms with Gasteiger partial charge in [-0.3, -0.25) is 10.00 Å². The first-order valence-electron chi connectivity index (χ1n) is 5.32. The fourth-order valence-electron chi connectivity index (χ4n) is 1.75. The lowest BCUT2D eigenvalue weighted by molar-refractivity contribution is -0.189. The summed E-state index contributed by atoms with van der Waals surface area (Å²) in [5, 5.41) is 25.1. The van der Waals surface area contributed by atoms with Gasteiger partial charge in [-0.05, 0) is 13.8 Å².